The third kappa shape index (κ3) is 2.67. The number of ether oxygens (including phenoxy) is 1. The number of imidazole rings is 1. The fraction of sp³-hybridized carbons (Fsp3) is 0.0909. The molecule has 0 N–H and O–H groups in total. The molecule has 0 spiro atoms. The third-order valence-electron chi connectivity index (χ3n) is 4.82. The molecule has 2 aromatic heterocycles. The van der Waals surface area contributed by atoms with Crippen LogP contribution >= 0.6 is 11.6 Å². The average molecular weight is 392 g/mol. The number of hydrogen-bond donors (Lipinski definition) is 0. The van der Waals surface area contributed by atoms with Gasteiger partial charge < -0.3 is 4.74 Å². The van der Waals surface area contributed by atoms with Crippen molar-refractivity contribution in [2.75, 3.05) is 0 Å². The highest BCUT2D eigenvalue weighted by Crippen LogP contribution is 2.41. The fourth-order valence-corrected chi connectivity index (χ4v) is 3.65. The Labute approximate surface area is 166 Å². The number of pyridine rings is 1. The van der Waals surface area contributed by atoms with E-state index in [-0.39, 0.29) is 18.2 Å². The summed E-state index contributed by atoms with van der Waals surface area (Å²) in [6.45, 7) is 0.218. The summed E-state index contributed by atoms with van der Waals surface area (Å²) < 4.78 is 22.2. The lowest BCUT2D eigenvalue weighted by molar-refractivity contribution is 0.220. The quantitative estimate of drug-likeness (QED) is 0.432. The first-order chi connectivity index (χ1) is 13.8. The van der Waals surface area contributed by atoms with Gasteiger partial charge in [0.2, 0.25) is 5.88 Å². The van der Waals surface area contributed by atoms with Gasteiger partial charge in [0.05, 0.1) is 11.4 Å². The highest BCUT2D eigenvalue weighted by atomic mass is 35.5. The second kappa shape index (κ2) is 6.77. The zero-order chi connectivity index (χ0) is 19.1. The van der Waals surface area contributed by atoms with E-state index in [0.717, 1.165) is 28.1 Å². The predicted octanol–water partition coefficient (Wildman–Crippen LogP) is 5.51. The van der Waals surface area contributed by atoms with Crippen molar-refractivity contribution in [3.05, 3.63) is 78.2 Å². The lowest BCUT2D eigenvalue weighted by Gasteiger charge is -2.20. The van der Waals surface area contributed by atoms with Crippen LogP contribution in [-0.2, 0) is 12.6 Å². The summed E-state index contributed by atoms with van der Waals surface area (Å²) >= 11 is 5.92. The summed E-state index contributed by atoms with van der Waals surface area (Å²) in [7, 11) is 0. The van der Waals surface area contributed by atoms with E-state index in [1.807, 2.05) is 59.2 Å². The Bertz CT molecular complexity index is 1160. The molecule has 6 heteroatoms. The first-order valence-electron chi connectivity index (χ1n) is 8.85. The summed E-state index contributed by atoms with van der Waals surface area (Å²) in [5.41, 5.74) is 4.87. The first-order valence-corrected chi connectivity index (χ1v) is 9.38. The number of hydrogen-bond acceptors (Lipinski definition) is 3. The molecule has 0 fully saturated rings. The van der Waals surface area contributed by atoms with Crippen molar-refractivity contribution in [3.63, 3.8) is 0 Å². The molecule has 0 bridgehead atoms. The Morgan fingerprint density at radius 3 is 2.54 bits per heavy atom. The molecule has 0 unspecified atom stereocenters. The number of benzene rings is 2. The maximum Gasteiger partial charge on any atom is 0.229 e. The van der Waals surface area contributed by atoms with E-state index in [2.05, 4.69) is 4.98 Å². The van der Waals surface area contributed by atoms with Crippen molar-refractivity contribution in [1.82, 2.24) is 14.5 Å². The smallest absolute Gasteiger partial charge is 0.229 e. The second-order valence-electron chi connectivity index (χ2n) is 6.50. The molecule has 0 saturated heterocycles. The molecule has 0 saturated carbocycles. The molecular formula is C22H15ClFN3O. The van der Waals surface area contributed by atoms with Crippen molar-refractivity contribution in [3.8, 4) is 39.8 Å². The molecule has 0 amide bonds. The zero-order valence-electron chi connectivity index (χ0n) is 14.8. The molecular weight excluding hydrogens is 377 g/mol. The molecule has 138 valence electrons. The maximum absolute atomic E-state index is 14.6. The van der Waals surface area contributed by atoms with Crippen molar-refractivity contribution in [2.45, 2.75) is 12.6 Å². The first kappa shape index (κ1) is 17.0. The SMILES string of the molecule is Fc1ccnc2c1-c1nc(-c3ccc(CCl)cc3)c(-c3ccccc3)n1CO2. The molecule has 0 radical (unpaired) electrons. The van der Waals surface area contributed by atoms with Crippen molar-refractivity contribution < 1.29 is 9.13 Å². The molecule has 4 aromatic rings. The summed E-state index contributed by atoms with van der Waals surface area (Å²) in [6, 6.07) is 19.2. The number of alkyl halides is 1. The molecule has 4 nitrogen and oxygen atoms in total. The normalized spacial score (nSPS) is 12.2. The minimum absolute atomic E-state index is 0.218. The van der Waals surface area contributed by atoms with E-state index in [0.29, 0.717) is 11.7 Å². The molecule has 1 aliphatic heterocycles. The van der Waals surface area contributed by atoms with Crippen LogP contribution in [-0.4, -0.2) is 14.5 Å². The topological polar surface area (TPSA) is 39.9 Å². The molecule has 0 atom stereocenters. The summed E-state index contributed by atoms with van der Waals surface area (Å²) in [4.78, 5) is 8.98. The van der Waals surface area contributed by atoms with Crippen LogP contribution in [0.25, 0.3) is 33.9 Å². The lowest BCUT2D eigenvalue weighted by atomic mass is 10.0. The number of aromatic nitrogens is 3. The third-order valence-corrected chi connectivity index (χ3v) is 5.12. The number of nitrogens with zero attached hydrogens (tertiary/aromatic N) is 3. The Balaban J connectivity index is 1.79. The van der Waals surface area contributed by atoms with Crippen LogP contribution in [0.3, 0.4) is 0 Å². The van der Waals surface area contributed by atoms with Gasteiger partial charge in [-0.05, 0) is 11.6 Å². The summed E-state index contributed by atoms with van der Waals surface area (Å²) in [5, 5.41) is 0. The Morgan fingerprint density at radius 2 is 1.79 bits per heavy atom. The standard InChI is InChI=1S/C22H15ClFN3O/c23-12-14-6-8-15(9-7-14)19-20(16-4-2-1-3-5-16)27-13-28-22-18(21(27)26-19)17(24)10-11-25-22/h1-11H,12-13H2. The minimum Gasteiger partial charge on any atom is -0.455 e. The Kier molecular flexibility index (Phi) is 4.10. The van der Waals surface area contributed by atoms with Crippen LogP contribution in [0.4, 0.5) is 4.39 Å². The maximum atomic E-state index is 14.6. The van der Waals surface area contributed by atoms with E-state index in [1.54, 1.807) is 0 Å². The molecule has 2 aromatic carbocycles. The lowest BCUT2D eigenvalue weighted by Crippen LogP contribution is -2.15. The monoisotopic (exact) mass is 391 g/mol. The van der Waals surface area contributed by atoms with Gasteiger partial charge in [-0.3, -0.25) is 4.57 Å². The van der Waals surface area contributed by atoms with E-state index in [1.165, 1.54) is 12.3 Å². The minimum atomic E-state index is -0.403. The fourth-order valence-electron chi connectivity index (χ4n) is 3.47. The van der Waals surface area contributed by atoms with E-state index < -0.39 is 5.82 Å². The number of fused-ring (bicyclic) bond motifs is 3. The van der Waals surface area contributed by atoms with Crippen molar-refractivity contribution in [2.24, 2.45) is 0 Å². The second-order valence-corrected chi connectivity index (χ2v) is 6.77. The number of rotatable bonds is 3. The zero-order valence-corrected chi connectivity index (χ0v) is 15.5. The molecule has 1 aliphatic rings. The van der Waals surface area contributed by atoms with Gasteiger partial charge >= 0.3 is 0 Å². The van der Waals surface area contributed by atoms with Gasteiger partial charge in [0.1, 0.15) is 11.4 Å². The van der Waals surface area contributed by atoms with E-state index in [4.69, 9.17) is 21.3 Å². The highest BCUT2D eigenvalue weighted by molar-refractivity contribution is 6.17. The highest BCUT2D eigenvalue weighted by Gasteiger charge is 2.29. The Hall–Kier alpha value is -3.18. The van der Waals surface area contributed by atoms with Gasteiger partial charge in [-0.1, -0.05) is 54.6 Å². The predicted molar refractivity (Wildman–Crippen MR) is 106 cm³/mol. The van der Waals surface area contributed by atoms with Crippen LogP contribution in [0.2, 0.25) is 0 Å². The molecule has 5 rings (SSSR count). The van der Waals surface area contributed by atoms with Gasteiger partial charge in [0.25, 0.3) is 0 Å². The largest absolute Gasteiger partial charge is 0.455 e. The van der Waals surface area contributed by atoms with Crippen LogP contribution in [0.15, 0.2) is 66.9 Å². The molecule has 28 heavy (non-hydrogen) atoms. The summed E-state index contributed by atoms with van der Waals surface area (Å²) in [5.74, 6) is 0.826. The van der Waals surface area contributed by atoms with Gasteiger partial charge in [-0.15, -0.1) is 11.6 Å². The van der Waals surface area contributed by atoms with Crippen LogP contribution in [0.1, 0.15) is 5.56 Å². The van der Waals surface area contributed by atoms with E-state index in [9.17, 15) is 4.39 Å². The van der Waals surface area contributed by atoms with Crippen molar-refractivity contribution >= 4 is 11.6 Å². The van der Waals surface area contributed by atoms with Crippen LogP contribution < -0.4 is 4.74 Å². The summed E-state index contributed by atoms with van der Waals surface area (Å²) in [6.07, 6.45) is 1.40. The number of halogens is 2. The van der Waals surface area contributed by atoms with Gasteiger partial charge in [-0.2, -0.15) is 0 Å². The molecule has 3 heterocycles. The van der Waals surface area contributed by atoms with E-state index >= 15 is 0 Å². The van der Waals surface area contributed by atoms with Crippen LogP contribution in [0.5, 0.6) is 5.88 Å². The van der Waals surface area contributed by atoms with Crippen molar-refractivity contribution in [1.29, 1.82) is 0 Å². The van der Waals surface area contributed by atoms with Gasteiger partial charge in [-0.25, -0.2) is 14.4 Å². The van der Waals surface area contributed by atoms with Gasteiger partial charge in [0.15, 0.2) is 12.6 Å². The average Bonchev–Trinajstić information content (AvgIpc) is 3.14. The Morgan fingerprint density at radius 1 is 1.00 bits per heavy atom. The van der Waals surface area contributed by atoms with Gasteiger partial charge in [0, 0.05) is 23.2 Å². The van der Waals surface area contributed by atoms with Crippen LogP contribution in [0, 0.1) is 5.82 Å². The molecule has 0 aliphatic carbocycles.